The lowest BCUT2D eigenvalue weighted by molar-refractivity contribution is 0.627. The van der Waals surface area contributed by atoms with Crippen LogP contribution in [0.1, 0.15) is 16.7 Å². The van der Waals surface area contributed by atoms with Crippen LogP contribution in [0.5, 0.6) is 0 Å². The van der Waals surface area contributed by atoms with Crippen LogP contribution in [0.15, 0.2) is 34.6 Å². The van der Waals surface area contributed by atoms with Gasteiger partial charge in [-0.25, -0.2) is 9.37 Å². The molecule has 2 heterocycles. The first-order valence-corrected chi connectivity index (χ1v) is 6.80. The van der Waals surface area contributed by atoms with Gasteiger partial charge in [-0.2, -0.15) is 0 Å². The third-order valence-electron chi connectivity index (χ3n) is 3.01. The van der Waals surface area contributed by atoms with Crippen LogP contribution in [0.4, 0.5) is 10.1 Å². The highest BCUT2D eigenvalue weighted by Gasteiger charge is 2.30. The van der Waals surface area contributed by atoms with Gasteiger partial charge in [-0.1, -0.05) is 0 Å². The molecule has 0 amide bonds. The number of hydrogen-bond acceptors (Lipinski definition) is 5. The van der Waals surface area contributed by atoms with Gasteiger partial charge in [0.1, 0.15) is 16.9 Å². The molecule has 0 fully saturated rings. The Morgan fingerprint density at radius 1 is 1.37 bits per heavy atom. The molecule has 0 spiro atoms. The van der Waals surface area contributed by atoms with Gasteiger partial charge in [0, 0.05) is 16.8 Å². The molecule has 0 saturated carbocycles. The summed E-state index contributed by atoms with van der Waals surface area (Å²) in [6.07, 6.45) is 0. The molecule has 1 aliphatic heterocycles. The van der Waals surface area contributed by atoms with Crippen molar-refractivity contribution < 1.29 is 4.39 Å². The maximum Gasteiger partial charge on any atom is 0.196 e. The van der Waals surface area contributed by atoms with E-state index in [1.165, 1.54) is 12.1 Å². The summed E-state index contributed by atoms with van der Waals surface area (Å²) < 4.78 is 13.0. The highest BCUT2D eigenvalue weighted by atomic mass is 32.1. The van der Waals surface area contributed by atoms with Crippen molar-refractivity contribution in [2.75, 3.05) is 11.4 Å². The van der Waals surface area contributed by atoms with Gasteiger partial charge in [-0.15, -0.1) is 11.3 Å². The number of rotatable bonds is 2. The van der Waals surface area contributed by atoms with Gasteiger partial charge < -0.3 is 10.6 Å². The summed E-state index contributed by atoms with van der Waals surface area (Å²) in [5.41, 5.74) is 7.76. The number of halogens is 1. The van der Waals surface area contributed by atoms with E-state index >= 15 is 0 Å². The van der Waals surface area contributed by atoms with Crippen LogP contribution in [0.2, 0.25) is 0 Å². The molecular weight excluding hydrogens is 263 g/mol. The topological polar surface area (TPSA) is 54.5 Å². The highest BCUT2D eigenvalue weighted by Crippen LogP contribution is 2.32. The molecule has 98 valence electrons. The van der Waals surface area contributed by atoms with Gasteiger partial charge >= 0.3 is 0 Å². The highest BCUT2D eigenvalue weighted by molar-refractivity contribution is 7.09. The van der Waals surface area contributed by atoms with Crippen LogP contribution in [0.3, 0.4) is 0 Å². The zero-order valence-corrected chi connectivity index (χ0v) is 11.2. The van der Waals surface area contributed by atoms with E-state index in [0.717, 1.165) is 16.4 Å². The van der Waals surface area contributed by atoms with Gasteiger partial charge in [0.05, 0.1) is 6.54 Å². The van der Waals surface area contributed by atoms with Crippen molar-refractivity contribution in [2.45, 2.75) is 13.0 Å². The van der Waals surface area contributed by atoms with Gasteiger partial charge in [0.25, 0.3) is 0 Å². The molecule has 1 aliphatic rings. The first kappa shape index (κ1) is 12.1. The molecule has 2 N–H and O–H groups in total. The van der Waals surface area contributed by atoms with E-state index in [2.05, 4.69) is 9.98 Å². The lowest BCUT2D eigenvalue weighted by atomic mass is 10.2. The van der Waals surface area contributed by atoms with Crippen LogP contribution >= 0.6 is 11.3 Å². The van der Waals surface area contributed by atoms with Crippen molar-refractivity contribution in [3.05, 3.63) is 46.2 Å². The number of hydrogen-bond donors (Lipinski definition) is 1. The van der Waals surface area contributed by atoms with E-state index in [0.29, 0.717) is 12.5 Å². The second-order valence-corrected chi connectivity index (χ2v) is 5.28. The molecule has 1 atom stereocenters. The number of nitrogens with zero attached hydrogens (tertiary/aromatic N) is 3. The molecule has 1 aromatic carbocycles. The molecule has 6 heteroatoms. The number of aromatic nitrogens is 1. The Kier molecular flexibility index (Phi) is 2.94. The zero-order valence-electron chi connectivity index (χ0n) is 10.4. The minimum absolute atomic E-state index is 0.00385. The fourth-order valence-corrected chi connectivity index (χ4v) is 3.00. The second kappa shape index (κ2) is 4.62. The number of anilines is 1. The van der Waals surface area contributed by atoms with E-state index in [-0.39, 0.29) is 11.9 Å². The summed E-state index contributed by atoms with van der Waals surface area (Å²) in [7, 11) is 0. The molecule has 0 radical (unpaired) electrons. The molecular formula is C13H13FN4S. The Morgan fingerprint density at radius 2 is 2.11 bits per heavy atom. The fraction of sp³-hybridized carbons (Fsp3) is 0.231. The van der Waals surface area contributed by atoms with E-state index in [9.17, 15) is 4.39 Å². The number of aliphatic imine (C=N–C) groups is 1. The standard InChI is InChI=1S/C13H13FN4S/c1-8-7-19-12(17-8)11-6-16-13(15)18(11)10-4-2-9(14)3-5-10/h2-5,7,11H,6H2,1H3,(H2,15,16). The Hall–Kier alpha value is -1.95. The van der Waals surface area contributed by atoms with Crippen molar-refractivity contribution in [2.24, 2.45) is 10.7 Å². The van der Waals surface area contributed by atoms with Crippen LogP contribution in [-0.4, -0.2) is 17.5 Å². The monoisotopic (exact) mass is 276 g/mol. The summed E-state index contributed by atoms with van der Waals surface area (Å²) in [5, 5.41) is 2.98. The summed E-state index contributed by atoms with van der Waals surface area (Å²) in [6, 6.07) is 6.26. The van der Waals surface area contributed by atoms with Crippen molar-refractivity contribution >= 4 is 23.0 Å². The van der Waals surface area contributed by atoms with Crippen LogP contribution in [0.25, 0.3) is 0 Å². The van der Waals surface area contributed by atoms with Gasteiger partial charge in [-0.05, 0) is 31.2 Å². The predicted molar refractivity (Wildman–Crippen MR) is 75.0 cm³/mol. The summed E-state index contributed by atoms with van der Waals surface area (Å²) in [4.78, 5) is 10.7. The van der Waals surface area contributed by atoms with Crippen LogP contribution < -0.4 is 10.6 Å². The summed E-state index contributed by atoms with van der Waals surface area (Å²) >= 11 is 1.59. The number of aryl methyl sites for hydroxylation is 1. The number of guanidine groups is 1. The van der Waals surface area contributed by atoms with Crippen molar-refractivity contribution in [3.63, 3.8) is 0 Å². The average molecular weight is 276 g/mol. The molecule has 0 aliphatic carbocycles. The van der Waals surface area contributed by atoms with E-state index in [4.69, 9.17) is 5.73 Å². The third-order valence-corrected chi connectivity index (χ3v) is 4.08. The minimum Gasteiger partial charge on any atom is -0.369 e. The Morgan fingerprint density at radius 3 is 2.74 bits per heavy atom. The number of benzene rings is 1. The molecule has 4 nitrogen and oxygen atoms in total. The first-order valence-electron chi connectivity index (χ1n) is 5.92. The molecule has 3 rings (SSSR count). The fourth-order valence-electron chi connectivity index (χ4n) is 2.13. The summed E-state index contributed by atoms with van der Waals surface area (Å²) in [5.74, 6) is 0.185. The quantitative estimate of drug-likeness (QED) is 0.916. The van der Waals surface area contributed by atoms with Crippen LogP contribution in [-0.2, 0) is 0 Å². The molecule has 1 unspecified atom stereocenters. The normalized spacial score (nSPS) is 18.7. The van der Waals surface area contributed by atoms with Crippen molar-refractivity contribution in [1.82, 2.24) is 4.98 Å². The Balaban J connectivity index is 1.96. The largest absolute Gasteiger partial charge is 0.369 e. The second-order valence-electron chi connectivity index (χ2n) is 4.39. The molecule has 1 aromatic heterocycles. The molecule has 0 saturated heterocycles. The Labute approximate surface area is 114 Å². The zero-order chi connectivity index (χ0) is 13.4. The predicted octanol–water partition coefficient (Wildman–Crippen LogP) is 2.47. The smallest absolute Gasteiger partial charge is 0.196 e. The maximum absolute atomic E-state index is 13.0. The molecule has 2 aromatic rings. The third kappa shape index (κ3) is 2.19. The average Bonchev–Trinajstić information content (AvgIpc) is 2.97. The van der Waals surface area contributed by atoms with Gasteiger partial charge in [0.15, 0.2) is 5.96 Å². The van der Waals surface area contributed by atoms with E-state index in [1.807, 2.05) is 17.2 Å². The lowest BCUT2D eigenvalue weighted by Gasteiger charge is -2.24. The van der Waals surface area contributed by atoms with E-state index in [1.54, 1.807) is 23.5 Å². The molecule has 19 heavy (non-hydrogen) atoms. The van der Waals surface area contributed by atoms with Crippen molar-refractivity contribution in [3.8, 4) is 0 Å². The first-order chi connectivity index (χ1) is 9.15. The molecule has 0 bridgehead atoms. The van der Waals surface area contributed by atoms with Crippen molar-refractivity contribution in [1.29, 1.82) is 0 Å². The SMILES string of the molecule is Cc1csc(C2CN=C(N)N2c2ccc(F)cc2)n1. The van der Waals surface area contributed by atoms with Gasteiger partial charge in [0.2, 0.25) is 0 Å². The summed E-state index contributed by atoms with van der Waals surface area (Å²) in [6.45, 7) is 2.54. The van der Waals surface area contributed by atoms with E-state index < -0.39 is 0 Å². The maximum atomic E-state index is 13.0. The van der Waals surface area contributed by atoms with Gasteiger partial charge in [-0.3, -0.25) is 4.99 Å². The number of nitrogens with two attached hydrogens (primary N) is 1. The Bertz CT molecular complexity index is 620. The minimum atomic E-state index is -0.264. The lowest BCUT2D eigenvalue weighted by Crippen LogP contribution is -2.36. The number of thiazole rings is 1. The van der Waals surface area contributed by atoms with Crippen LogP contribution in [0, 0.1) is 12.7 Å².